The zero-order chi connectivity index (χ0) is 29.7. The van der Waals surface area contributed by atoms with E-state index in [1.165, 1.54) is 5.56 Å². The van der Waals surface area contributed by atoms with Crippen LogP contribution in [-0.4, -0.2) is 24.6 Å². The number of para-hydroxylation sites is 2. The molecule has 0 atom stereocenters. The molecule has 0 unspecified atom stereocenters. The molecule has 5 heteroatoms. The van der Waals surface area contributed by atoms with E-state index in [9.17, 15) is 5.11 Å². The zero-order valence-corrected chi connectivity index (χ0v) is 24.7. The molecule has 1 N–H and O–H groups in total. The van der Waals surface area contributed by atoms with Gasteiger partial charge in [0.15, 0.2) is 0 Å². The number of phenolic OH excluding ortho intramolecular Hbond substituents is 1. The van der Waals surface area contributed by atoms with E-state index in [4.69, 9.17) is 4.98 Å². The van der Waals surface area contributed by atoms with Crippen LogP contribution in [0.5, 0.6) is 5.75 Å². The van der Waals surface area contributed by atoms with Gasteiger partial charge in [-0.05, 0) is 71.5 Å². The minimum absolute atomic E-state index is 0.0458. The highest BCUT2D eigenvalue weighted by Crippen LogP contribution is 2.39. The molecular weight excluding hydrogens is 528 g/mol. The number of nitrogens with zero attached hydrogens (tertiary/aromatic N) is 4. The van der Waals surface area contributed by atoms with E-state index >= 15 is 0 Å². The van der Waals surface area contributed by atoms with Crippen LogP contribution < -0.4 is 0 Å². The van der Waals surface area contributed by atoms with Crippen LogP contribution in [-0.2, 0) is 5.41 Å². The zero-order valence-electron chi connectivity index (χ0n) is 24.7. The number of hydrogen-bond donors (Lipinski definition) is 1. The highest BCUT2D eigenvalue weighted by Gasteiger charge is 2.20. The molecule has 0 aliphatic heterocycles. The summed E-state index contributed by atoms with van der Waals surface area (Å²) in [6.07, 6.45) is 3.48. The molecule has 0 fully saturated rings. The Balaban J connectivity index is 1.48. The number of aromatic nitrogens is 4. The number of hydrogen-bond acceptors (Lipinski definition) is 4. The number of phenols is 1. The number of fused-ring (bicyclic) bond motifs is 2. The second kappa shape index (κ2) is 10.2. The Labute approximate surface area is 251 Å². The summed E-state index contributed by atoms with van der Waals surface area (Å²) < 4.78 is 2.22. The van der Waals surface area contributed by atoms with E-state index in [0.717, 1.165) is 67.0 Å². The predicted octanol–water partition coefficient (Wildman–Crippen LogP) is 9.28. The number of aryl methyl sites for hydroxylation is 1. The van der Waals surface area contributed by atoms with Gasteiger partial charge in [-0.25, -0.2) is 4.98 Å². The average molecular weight is 561 g/mol. The molecule has 7 aromatic rings. The molecule has 0 radical (unpaired) electrons. The Bertz CT molecular complexity index is 2140. The third kappa shape index (κ3) is 4.73. The molecule has 0 spiro atoms. The Morgan fingerprint density at radius 3 is 2.16 bits per heavy atom. The van der Waals surface area contributed by atoms with Crippen molar-refractivity contribution in [3.05, 3.63) is 127 Å². The summed E-state index contributed by atoms with van der Waals surface area (Å²) >= 11 is 0. The first-order valence-electron chi connectivity index (χ1n) is 14.5. The fraction of sp³-hybridized carbons (Fsp3) is 0.132. The van der Waals surface area contributed by atoms with Gasteiger partial charge in [-0.1, -0.05) is 81.4 Å². The number of aromatic hydroxyl groups is 1. The number of benzene rings is 5. The van der Waals surface area contributed by atoms with Gasteiger partial charge in [0, 0.05) is 40.3 Å². The molecule has 5 aromatic carbocycles. The quantitative estimate of drug-likeness (QED) is 0.233. The van der Waals surface area contributed by atoms with Gasteiger partial charge in [-0.3, -0.25) is 14.5 Å². The van der Waals surface area contributed by atoms with E-state index in [0.29, 0.717) is 0 Å². The van der Waals surface area contributed by atoms with Crippen LogP contribution in [0.2, 0.25) is 0 Å². The van der Waals surface area contributed by atoms with Crippen LogP contribution in [0, 0.1) is 6.92 Å². The van der Waals surface area contributed by atoms with Crippen LogP contribution >= 0.6 is 0 Å². The third-order valence-electron chi connectivity index (χ3n) is 8.02. The highest BCUT2D eigenvalue weighted by atomic mass is 16.3. The maximum absolute atomic E-state index is 10.8. The minimum Gasteiger partial charge on any atom is -0.507 e. The fourth-order valence-corrected chi connectivity index (χ4v) is 5.84. The van der Waals surface area contributed by atoms with Crippen molar-refractivity contribution in [2.45, 2.75) is 33.1 Å². The van der Waals surface area contributed by atoms with Crippen molar-refractivity contribution >= 4 is 22.1 Å². The second-order valence-corrected chi connectivity index (χ2v) is 12.1. The van der Waals surface area contributed by atoms with Crippen molar-refractivity contribution in [1.29, 1.82) is 0 Å². The Hall–Kier alpha value is -5.29. The van der Waals surface area contributed by atoms with Crippen LogP contribution in [0.25, 0.3) is 61.4 Å². The van der Waals surface area contributed by atoms with Gasteiger partial charge in [0.2, 0.25) is 0 Å². The summed E-state index contributed by atoms with van der Waals surface area (Å²) in [4.78, 5) is 14.5. The lowest BCUT2D eigenvalue weighted by atomic mass is 9.87. The largest absolute Gasteiger partial charge is 0.507 e. The van der Waals surface area contributed by atoms with Crippen LogP contribution in [0.3, 0.4) is 0 Å². The van der Waals surface area contributed by atoms with Gasteiger partial charge in [-0.15, -0.1) is 0 Å². The topological polar surface area (TPSA) is 63.8 Å². The van der Waals surface area contributed by atoms with Crippen molar-refractivity contribution in [3.8, 4) is 45.1 Å². The lowest BCUT2D eigenvalue weighted by Crippen LogP contribution is -2.11. The molecule has 0 saturated heterocycles. The Kier molecular flexibility index (Phi) is 6.32. The first-order chi connectivity index (χ1) is 20.8. The molecule has 2 heterocycles. The molecule has 0 aliphatic rings. The molecular formula is C38H32N4O. The van der Waals surface area contributed by atoms with Crippen molar-refractivity contribution in [3.63, 3.8) is 0 Å². The van der Waals surface area contributed by atoms with E-state index in [-0.39, 0.29) is 11.2 Å². The minimum atomic E-state index is 0.0458. The van der Waals surface area contributed by atoms with Crippen molar-refractivity contribution in [1.82, 2.24) is 19.5 Å². The lowest BCUT2D eigenvalue weighted by Gasteiger charge is -2.20. The highest BCUT2D eigenvalue weighted by molar-refractivity contribution is 5.97. The third-order valence-corrected chi connectivity index (χ3v) is 8.02. The summed E-state index contributed by atoms with van der Waals surface area (Å²) in [5.74, 6) is 1.06. The second-order valence-electron chi connectivity index (χ2n) is 12.1. The van der Waals surface area contributed by atoms with Gasteiger partial charge in [0.25, 0.3) is 0 Å². The summed E-state index contributed by atoms with van der Waals surface area (Å²) in [5.41, 5.74) is 11.7. The Morgan fingerprint density at radius 2 is 1.37 bits per heavy atom. The van der Waals surface area contributed by atoms with Gasteiger partial charge < -0.3 is 5.11 Å². The fourth-order valence-electron chi connectivity index (χ4n) is 5.84. The predicted molar refractivity (Wildman–Crippen MR) is 176 cm³/mol. The molecule has 0 bridgehead atoms. The van der Waals surface area contributed by atoms with Crippen molar-refractivity contribution in [2.24, 2.45) is 0 Å². The first kappa shape index (κ1) is 26.6. The van der Waals surface area contributed by atoms with E-state index < -0.39 is 0 Å². The maximum atomic E-state index is 10.8. The van der Waals surface area contributed by atoms with E-state index in [2.05, 4.69) is 109 Å². The average Bonchev–Trinajstić information content (AvgIpc) is 3.41. The van der Waals surface area contributed by atoms with Crippen molar-refractivity contribution in [2.75, 3.05) is 0 Å². The van der Waals surface area contributed by atoms with Crippen molar-refractivity contribution < 1.29 is 5.11 Å². The van der Waals surface area contributed by atoms with Gasteiger partial charge in [0.1, 0.15) is 11.6 Å². The molecule has 210 valence electrons. The maximum Gasteiger partial charge on any atom is 0.145 e. The Morgan fingerprint density at radius 1 is 0.651 bits per heavy atom. The SMILES string of the molecule is Cc1cc(-c2cccc(-c3nc4c(-c5ccccc5O)cccc4n3-c3ccc(C(C)(C)C)cc3)c2)c2nccnc2c1. The first-order valence-corrected chi connectivity index (χ1v) is 14.5. The number of imidazole rings is 1. The molecule has 2 aromatic heterocycles. The van der Waals surface area contributed by atoms with E-state index in [1.807, 2.05) is 30.3 Å². The van der Waals surface area contributed by atoms with Crippen LogP contribution in [0.15, 0.2) is 116 Å². The van der Waals surface area contributed by atoms with Gasteiger partial charge in [0.05, 0.1) is 22.1 Å². The van der Waals surface area contributed by atoms with Crippen LogP contribution in [0.1, 0.15) is 31.9 Å². The smallest absolute Gasteiger partial charge is 0.145 e. The molecule has 43 heavy (non-hydrogen) atoms. The number of rotatable bonds is 4. The molecule has 5 nitrogen and oxygen atoms in total. The molecule has 0 saturated carbocycles. The molecule has 7 rings (SSSR count). The normalized spacial score (nSPS) is 11.8. The summed E-state index contributed by atoms with van der Waals surface area (Å²) in [6, 6.07) is 35.0. The molecule has 0 aliphatic carbocycles. The van der Waals surface area contributed by atoms with Gasteiger partial charge >= 0.3 is 0 Å². The summed E-state index contributed by atoms with van der Waals surface area (Å²) in [5, 5.41) is 10.8. The van der Waals surface area contributed by atoms with Gasteiger partial charge in [-0.2, -0.15) is 0 Å². The monoisotopic (exact) mass is 560 g/mol. The summed E-state index contributed by atoms with van der Waals surface area (Å²) in [7, 11) is 0. The van der Waals surface area contributed by atoms with Crippen LogP contribution in [0.4, 0.5) is 0 Å². The standard InChI is InChI=1S/C38H32N4O/c1-24-21-31(35-32(22-24)39-19-20-40-35)25-9-7-10-26(23-25)37-41-36-30(29-11-5-6-14-34(29)43)12-8-13-33(36)42(37)28-17-15-27(16-18-28)38(2,3)4/h5-23,43H,1-4H3. The lowest BCUT2D eigenvalue weighted by molar-refractivity contribution is 0.477. The van der Waals surface area contributed by atoms with E-state index in [1.54, 1.807) is 18.5 Å². The summed E-state index contributed by atoms with van der Waals surface area (Å²) in [6.45, 7) is 8.76. The molecule has 0 amide bonds.